The average molecular weight is 304 g/mol. The molecule has 1 N–H and O–H groups in total. The first kappa shape index (κ1) is 15.6. The number of nitrogens with one attached hydrogen (secondary N) is 1. The second kappa shape index (κ2) is 6.30. The van der Waals surface area contributed by atoms with Gasteiger partial charge in [0.25, 0.3) is 11.2 Å². The maximum atomic E-state index is 12.0. The van der Waals surface area contributed by atoms with Crippen molar-refractivity contribution in [3.63, 3.8) is 0 Å². The Kier molecular flexibility index (Phi) is 4.45. The van der Waals surface area contributed by atoms with Crippen molar-refractivity contribution in [1.82, 2.24) is 4.98 Å². The van der Waals surface area contributed by atoms with E-state index in [1.807, 2.05) is 19.9 Å². The summed E-state index contributed by atoms with van der Waals surface area (Å²) in [5.74, 6) is 0.317. The first-order chi connectivity index (χ1) is 10.4. The normalized spacial score (nSPS) is 10.3. The van der Waals surface area contributed by atoms with Gasteiger partial charge in [-0.2, -0.15) is 0 Å². The van der Waals surface area contributed by atoms with Crippen molar-refractivity contribution in [2.24, 2.45) is 0 Å². The van der Waals surface area contributed by atoms with Gasteiger partial charge in [0.2, 0.25) is 5.75 Å². The SMILES string of the molecule is COc1c(OCC=C(C)C)c2ccc([N+](=O)[O-])cc2[nH]c1=O. The minimum Gasteiger partial charge on any atom is -0.488 e. The summed E-state index contributed by atoms with van der Waals surface area (Å²) < 4.78 is 10.7. The number of hydrogen-bond acceptors (Lipinski definition) is 5. The van der Waals surface area contributed by atoms with Crippen LogP contribution >= 0.6 is 0 Å². The van der Waals surface area contributed by atoms with Crippen LogP contribution in [0.2, 0.25) is 0 Å². The first-order valence-electron chi connectivity index (χ1n) is 6.58. The molecule has 2 rings (SSSR count). The number of nitro groups is 1. The quantitative estimate of drug-likeness (QED) is 0.520. The van der Waals surface area contributed by atoms with E-state index in [1.165, 1.54) is 25.3 Å². The number of rotatable bonds is 5. The van der Waals surface area contributed by atoms with Gasteiger partial charge in [-0.1, -0.05) is 5.57 Å². The Balaban J connectivity index is 2.61. The molecule has 0 radical (unpaired) electrons. The minimum absolute atomic E-state index is 0.0449. The molecule has 7 heteroatoms. The van der Waals surface area contributed by atoms with Crippen LogP contribution < -0.4 is 15.0 Å². The Labute approximate surface area is 126 Å². The van der Waals surface area contributed by atoms with Gasteiger partial charge in [-0.05, 0) is 26.0 Å². The van der Waals surface area contributed by atoms with Crippen LogP contribution in [0.3, 0.4) is 0 Å². The van der Waals surface area contributed by atoms with Gasteiger partial charge in [-0.3, -0.25) is 14.9 Å². The first-order valence-corrected chi connectivity index (χ1v) is 6.58. The van der Waals surface area contributed by atoms with E-state index in [2.05, 4.69) is 4.98 Å². The van der Waals surface area contributed by atoms with Crippen molar-refractivity contribution in [2.45, 2.75) is 13.8 Å². The molecule has 1 aromatic carbocycles. The topological polar surface area (TPSA) is 94.5 Å². The number of hydrogen-bond donors (Lipinski definition) is 1. The van der Waals surface area contributed by atoms with Crippen LogP contribution in [0.5, 0.6) is 11.5 Å². The lowest BCUT2D eigenvalue weighted by Crippen LogP contribution is -2.12. The number of H-pyrrole nitrogens is 1. The van der Waals surface area contributed by atoms with Gasteiger partial charge in [0.15, 0.2) is 5.75 Å². The van der Waals surface area contributed by atoms with E-state index in [0.717, 1.165) is 5.57 Å². The molecule has 0 fully saturated rings. The molecular weight excluding hydrogens is 288 g/mol. The summed E-state index contributed by atoms with van der Waals surface area (Å²) in [5, 5.41) is 11.4. The number of pyridine rings is 1. The third-order valence-electron chi connectivity index (χ3n) is 3.04. The van der Waals surface area contributed by atoms with Crippen LogP contribution in [0, 0.1) is 10.1 Å². The molecule has 1 heterocycles. The molecule has 0 unspecified atom stereocenters. The van der Waals surface area contributed by atoms with Crippen molar-refractivity contribution in [3.05, 3.63) is 50.3 Å². The molecule has 0 aliphatic carbocycles. The molecule has 0 spiro atoms. The number of aromatic nitrogens is 1. The number of benzene rings is 1. The summed E-state index contributed by atoms with van der Waals surface area (Å²) >= 11 is 0. The molecule has 0 saturated heterocycles. The zero-order valence-electron chi connectivity index (χ0n) is 12.5. The van der Waals surface area contributed by atoms with Gasteiger partial charge in [-0.25, -0.2) is 0 Å². The molecule has 22 heavy (non-hydrogen) atoms. The summed E-state index contributed by atoms with van der Waals surface area (Å²) in [6, 6.07) is 4.18. The van der Waals surface area contributed by atoms with Gasteiger partial charge in [0.05, 0.1) is 17.5 Å². The van der Waals surface area contributed by atoms with E-state index in [4.69, 9.17) is 9.47 Å². The van der Waals surface area contributed by atoms with Gasteiger partial charge in [-0.15, -0.1) is 0 Å². The Morgan fingerprint density at radius 3 is 2.68 bits per heavy atom. The van der Waals surface area contributed by atoms with Crippen molar-refractivity contribution in [3.8, 4) is 11.5 Å². The number of nitro benzene ring substituents is 1. The van der Waals surface area contributed by atoms with Crippen molar-refractivity contribution < 1.29 is 14.4 Å². The Hall–Kier alpha value is -2.83. The fourth-order valence-corrected chi connectivity index (χ4v) is 1.97. The van der Waals surface area contributed by atoms with E-state index < -0.39 is 10.5 Å². The second-order valence-electron chi connectivity index (χ2n) is 4.90. The van der Waals surface area contributed by atoms with Crippen molar-refractivity contribution in [2.75, 3.05) is 13.7 Å². The predicted octanol–water partition coefficient (Wildman–Crippen LogP) is 2.79. The van der Waals surface area contributed by atoms with E-state index in [1.54, 1.807) is 0 Å². The minimum atomic E-state index is -0.522. The van der Waals surface area contributed by atoms with Gasteiger partial charge >= 0.3 is 0 Å². The smallest absolute Gasteiger partial charge is 0.294 e. The second-order valence-corrected chi connectivity index (χ2v) is 4.90. The van der Waals surface area contributed by atoms with E-state index >= 15 is 0 Å². The van der Waals surface area contributed by atoms with E-state index in [0.29, 0.717) is 10.9 Å². The van der Waals surface area contributed by atoms with Gasteiger partial charge in [0.1, 0.15) is 6.61 Å². The number of fused-ring (bicyclic) bond motifs is 1. The number of methoxy groups -OCH3 is 1. The number of aromatic amines is 1. The highest BCUT2D eigenvalue weighted by molar-refractivity contribution is 5.88. The van der Waals surface area contributed by atoms with Crippen LogP contribution in [0.4, 0.5) is 5.69 Å². The molecule has 1 aromatic heterocycles. The average Bonchev–Trinajstić information content (AvgIpc) is 2.45. The number of non-ortho nitro benzene ring substituents is 1. The van der Waals surface area contributed by atoms with Crippen molar-refractivity contribution in [1.29, 1.82) is 0 Å². The maximum absolute atomic E-state index is 12.0. The van der Waals surface area contributed by atoms with E-state index in [9.17, 15) is 14.9 Å². The van der Waals surface area contributed by atoms with Crippen molar-refractivity contribution >= 4 is 16.6 Å². The molecule has 7 nitrogen and oxygen atoms in total. The number of ether oxygens (including phenoxy) is 2. The predicted molar refractivity (Wildman–Crippen MR) is 82.7 cm³/mol. The fourth-order valence-electron chi connectivity index (χ4n) is 1.97. The third-order valence-corrected chi connectivity index (χ3v) is 3.04. The lowest BCUT2D eigenvalue weighted by Gasteiger charge is -2.11. The molecule has 2 aromatic rings. The summed E-state index contributed by atoms with van der Waals surface area (Å²) in [5.41, 5.74) is 0.794. The summed E-state index contributed by atoms with van der Waals surface area (Å²) in [6.07, 6.45) is 1.86. The summed E-state index contributed by atoms with van der Waals surface area (Å²) in [7, 11) is 1.37. The molecule has 0 bridgehead atoms. The summed E-state index contributed by atoms with van der Waals surface area (Å²) in [6.45, 7) is 4.13. The zero-order chi connectivity index (χ0) is 16.3. The lowest BCUT2D eigenvalue weighted by atomic mass is 10.1. The van der Waals surface area contributed by atoms with Gasteiger partial charge < -0.3 is 14.5 Å². The number of nitrogens with zero attached hydrogens (tertiary/aromatic N) is 1. The Morgan fingerprint density at radius 2 is 2.09 bits per heavy atom. The van der Waals surface area contributed by atoms with Crippen LogP contribution in [-0.4, -0.2) is 23.6 Å². The number of allylic oxidation sites excluding steroid dienone is 1. The largest absolute Gasteiger partial charge is 0.488 e. The molecule has 0 amide bonds. The Morgan fingerprint density at radius 1 is 1.36 bits per heavy atom. The molecule has 116 valence electrons. The van der Waals surface area contributed by atoms with E-state index in [-0.39, 0.29) is 23.8 Å². The summed E-state index contributed by atoms with van der Waals surface area (Å²) in [4.78, 5) is 24.9. The molecule has 0 saturated carbocycles. The highest BCUT2D eigenvalue weighted by Gasteiger charge is 2.17. The highest BCUT2D eigenvalue weighted by atomic mass is 16.6. The molecule has 0 aliphatic rings. The molecular formula is C15H16N2O5. The molecule has 0 atom stereocenters. The highest BCUT2D eigenvalue weighted by Crippen LogP contribution is 2.33. The van der Waals surface area contributed by atoms with Crippen LogP contribution in [-0.2, 0) is 0 Å². The van der Waals surface area contributed by atoms with Crippen LogP contribution in [0.1, 0.15) is 13.8 Å². The molecule has 0 aliphatic heterocycles. The maximum Gasteiger partial charge on any atom is 0.294 e. The zero-order valence-corrected chi connectivity index (χ0v) is 12.5. The third kappa shape index (κ3) is 3.08. The van der Waals surface area contributed by atoms with Crippen LogP contribution in [0.15, 0.2) is 34.6 Å². The van der Waals surface area contributed by atoms with Gasteiger partial charge in [0, 0.05) is 17.5 Å². The standard InChI is InChI=1S/C15H16N2O5/c1-9(2)6-7-22-13-11-5-4-10(17(19)20)8-12(11)16-15(18)14(13)21-3/h4-6,8H,7H2,1-3H3,(H,16,18). The lowest BCUT2D eigenvalue weighted by molar-refractivity contribution is -0.384. The van der Waals surface area contributed by atoms with Crippen LogP contribution in [0.25, 0.3) is 10.9 Å². The fraction of sp³-hybridized carbons (Fsp3) is 0.267. The Bertz CT molecular complexity index is 803. The monoisotopic (exact) mass is 304 g/mol.